The molecule has 3 aromatic rings. The molecule has 1 atom stereocenters. The summed E-state index contributed by atoms with van der Waals surface area (Å²) < 4.78 is 97.3. The Balaban J connectivity index is 2.09. The molecular formula is C16H10F7N5O2. The lowest BCUT2D eigenvalue weighted by molar-refractivity contribution is -0.142. The second-order valence-electron chi connectivity index (χ2n) is 5.83. The number of ether oxygens (including phenoxy) is 1. The van der Waals surface area contributed by atoms with Crippen molar-refractivity contribution in [3.05, 3.63) is 53.2 Å². The third-order valence-electron chi connectivity index (χ3n) is 3.91. The van der Waals surface area contributed by atoms with E-state index < -0.39 is 58.6 Å². The average Bonchev–Trinajstić information content (AvgIpc) is 3.13. The molecule has 0 aliphatic rings. The lowest BCUT2D eigenvalue weighted by Crippen LogP contribution is -2.25. The third-order valence-corrected chi connectivity index (χ3v) is 3.91. The second kappa shape index (κ2) is 7.42. The second-order valence-corrected chi connectivity index (χ2v) is 5.83. The largest absolute Gasteiger partial charge is 0.467 e. The third kappa shape index (κ3) is 4.11. The lowest BCUT2D eigenvalue weighted by atomic mass is 10.0. The molecule has 0 aliphatic carbocycles. The maximum atomic E-state index is 14.4. The Labute approximate surface area is 162 Å². The van der Waals surface area contributed by atoms with Gasteiger partial charge in [0.15, 0.2) is 11.7 Å². The van der Waals surface area contributed by atoms with Crippen LogP contribution in [0.2, 0.25) is 0 Å². The zero-order valence-electron chi connectivity index (χ0n) is 14.7. The van der Waals surface area contributed by atoms with Crippen molar-refractivity contribution < 1.29 is 40.3 Å². The summed E-state index contributed by atoms with van der Waals surface area (Å²) >= 11 is 0. The highest BCUT2D eigenvalue weighted by molar-refractivity contribution is 5.81. The molecule has 0 radical (unpaired) electrons. The Bertz CT molecular complexity index is 1090. The first-order chi connectivity index (χ1) is 13.9. The number of nitrogens with zero attached hydrogens (tertiary/aromatic N) is 4. The number of halogens is 7. The van der Waals surface area contributed by atoms with Crippen LogP contribution in [0.5, 0.6) is 0 Å². The van der Waals surface area contributed by atoms with Crippen molar-refractivity contribution in [3.8, 4) is 0 Å². The van der Waals surface area contributed by atoms with E-state index >= 15 is 0 Å². The van der Waals surface area contributed by atoms with E-state index in [0.29, 0.717) is 18.2 Å². The molecular weight excluding hydrogens is 427 g/mol. The number of hydrogen-bond donors (Lipinski definition) is 1. The first-order valence-corrected chi connectivity index (χ1v) is 7.91. The highest BCUT2D eigenvalue weighted by Gasteiger charge is 2.36. The van der Waals surface area contributed by atoms with Gasteiger partial charge >= 0.3 is 18.3 Å². The van der Waals surface area contributed by atoms with Crippen LogP contribution in [0.4, 0.5) is 36.6 Å². The lowest BCUT2D eigenvalue weighted by Gasteiger charge is -2.20. The van der Waals surface area contributed by atoms with Gasteiger partial charge in [-0.15, -0.1) is 0 Å². The minimum atomic E-state index is -4.88. The summed E-state index contributed by atoms with van der Waals surface area (Å²) in [5.41, 5.74) is -3.29. The normalized spacial score (nSPS) is 13.3. The molecule has 0 saturated carbocycles. The molecule has 0 amide bonds. The molecule has 0 spiro atoms. The summed E-state index contributed by atoms with van der Waals surface area (Å²) in [6.07, 6.45) is -8.84. The van der Waals surface area contributed by atoms with Crippen LogP contribution in [-0.4, -0.2) is 32.7 Å². The van der Waals surface area contributed by atoms with Gasteiger partial charge < -0.3 is 10.1 Å². The van der Waals surface area contributed by atoms with Gasteiger partial charge in [-0.05, 0) is 12.1 Å². The minimum absolute atomic E-state index is 0.158. The fraction of sp³-hybridized carbons (Fsp3) is 0.250. The molecule has 160 valence electrons. The number of carbonyl (C=O) groups is 1. The molecule has 14 heteroatoms. The Kier molecular flexibility index (Phi) is 5.26. The van der Waals surface area contributed by atoms with Crippen molar-refractivity contribution in [1.29, 1.82) is 0 Å². The van der Waals surface area contributed by atoms with Crippen LogP contribution >= 0.6 is 0 Å². The number of methoxy groups -OCH3 is 1. The molecule has 30 heavy (non-hydrogen) atoms. The van der Waals surface area contributed by atoms with Gasteiger partial charge in [0.25, 0.3) is 5.78 Å². The minimum Gasteiger partial charge on any atom is -0.467 e. The van der Waals surface area contributed by atoms with E-state index in [1.807, 2.05) is 0 Å². The average molecular weight is 437 g/mol. The molecule has 7 nitrogen and oxygen atoms in total. The maximum absolute atomic E-state index is 14.4. The first kappa shape index (κ1) is 21.3. The summed E-state index contributed by atoms with van der Waals surface area (Å²) in [5.74, 6) is -3.55. The predicted molar refractivity (Wildman–Crippen MR) is 85.6 cm³/mol. The van der Waals surface area contributed by atoms with Crippen LogP contribution in [0.3, 0.4) is 0 Å². The quantitative estimate of drug-likeness (QED) is 0.496. The zero-order valence-corrected chi connectivity index (χ0v) is 14.7. The summed E-state index contributed by atoms with van der Waals surface area (Å²) in [5, 5.41) is 5.97. The van der Waals surface area contributed by atoms with E-state index in [9.17, 15) is 35.5 Å². The Morgan fingerprint density at radius 2 is 1.83 bits per heavy atom. The number of alkyl halides is 6. The molecule has 0 fully saturated rings. The van der Waals surface area contributed by atoms with E-state index in [0.717, 1.165) is 18.0 Å². The number of nitrogens with one attached hydrogen (secondary N) is 1. The monoisotopic (exact) mass is 437 g/mol. The standard InChI is InChI=1S/C16H10F7N5O2/c1-30-13(29)12(8-3-2-7(4-9(8)17)15(18,19)20)27-11-5-10(16(21,22)23)26-14-24-6-25-28(11)14/h2-6,12,27H,1H3. The molecule has 1 aromatic carbocycles. The van der Waals surface area contributed by atoms with Crippen LogP contribution in [0.15, 0.2) is 30.6 Å². The highest BCUT2D eigenvalue weighted by atomic mass is 19.4. The van der Waals surface area contributed by atoms with E-state index in [2.05, 4.69) is 25.1 Å². The number of benzene rings is 1. The number of aromatic nitrogens is 4. The number of esters is 1. The van der Waals surface area contributed by atoms with E-state index in [4.69, 9.17) is 0 Å². The number of anilines is 1. The summed E-state index contributed by atoms with van der Waals surface area (Å²) in [6.45, 7) is 0. The number of carbonyl (C=O) groups excluding carboxylic acids is 1. The van der Waals surface area contributed by atoms with Gasteiger partial charge in [-0.2, -0.15) is 40.9 Å². The summed E-state index contributed by atoms with van der Waals surface area (Å²) in [4.78, 5) is 19.0. The summed E-state index contributed by atoms with van der Waals surface area (Å²) in [7, 11) is 0.914. The van der Waals surface area contributed by atoms with Gasteiger partial charge in [0.1, 0.15) is 18.0 Å². The van der Waals surface area contributed by atoms with Crippen molar-refractivity contribution in [2.45, 2.75) is 18.4 Å². The van der Waals surface area contributed by atoms with Crippen LogP contribution in [-0.2, 0) is 21.9 Å². The highest BCUT2D eigenvalue weighted by Crippen LogP contribution is 2.34. The fourth-order valence-corrected chi connectivity index (χ4v) is 2.53. The van der Waals surface area contributed by atoms with E-state index in [-0.39, 0.29) is 6.07 Å². The number of fused-ring (bicyclic) bond motifs is 1. The molecule has 0 aliphatic heterocycles. The molecule has 1 unspecified atom stereocenters. The van der Waals surface area contributed by atoms with Gasteiger partial charge in [0.05, 0.1) is 12.7 Å². The van der Waals surface area contributed by atoms with Crippen molar-refractivity contribution in [2.24, 2.45) is 0 Å². The Morgan fingerprint density at radius 3 is 2.40 bits per heavy atom. The van der Waals surface area contributed by atoms with Crippen molar-refractivity contribution in [1.82, 2.24) is 19.6 Å². The van der Waals surface area contributed by atoms with Crippen molar-refractivity contribution >= 4 is 17.6 Å². The number of hydrogen-bond acceptors (Lipinski definition) is 6. The van der Waals surface area contributed by atoms with Gasteiger partial charge in [-0.3, -0.25) is 0 Å². The van der Waals surface area contributed by atoms with Gasteiger partial charge in [-0.1, -0.05) is 6.07 Å². The van der Waals surface area contributed by atoms with Gasteiger partial charge in [-0.25, -0.2) is 14.2 Å². The Hall–Kier alpha value is -3.45. The Morgan fingerprint density at radius 1 is 1.13 bits per heavy atom. The molecule has 1 N–H and O–H groups in total. The molecule has 0 bridgehead atoms. The topological polar surface area (TPSA) is 81.4 Å². The molecule has 3 rings (SSSR count). The van der Waals surface area contributed by atoms with Crippen LogP contribution in [0.1, 0.15) is 22.9 Å². The number of rotatable bonds is 4. The fourth-order valence-electron chi connectivity index (χ4n) is 2.53. The van der Waals surface area contributed by atoms with Crippen LogP contribution < -0.4 is 5.32 Å². The predicted octanol–water partition coefficient (Wildman–Crippen LogP) is 3.63. The molecule has 0 saturated heterocycles. The smallest absolute Gasteiger partial charge is 0.433 e. The molecule has 2 aromatic heterocycles. The zero-order chi connectivity index (χ0) is 22.3. The van der Waals surface area contributed by atoms with Crippen LogP contribution in [0, 0.1) is 5.82 Å². The maximum Gasteiger partial charge on any atom is 0.433 e. The summed E-state index contributed by atoms with van der Waals surface area (Å²) in [6, 6.07) is 0.0465. The van der Waals surface area contributed by atoms with E-state index in [1.165, 1.54) is 0 Å². The molecule has 2 heterocycles. The van der Waals surface area contributed by atoms with Gasteiger partial charge in [0, 0.05) is 11.6 Å². The van der Waals surface area contributed by atoms with Gasteiger partial charge in [0.2, 0.25) is 0 Å². The van der Waals surface area contributed by atoms with E-state index in [1.54, 1.807) is 0 Å². The SMILES string of the molecule is COC(=O)C(Nc1cc(C(F)(F)F)nc2ncnn12)c1ccc(C(F)(F)F)cc1F. The van der Waals surface area contributed by atoms with Crippen molar-refractivity contribution in [3.63, 3.8) is 0 Å². The first-order valence-electron chi connectivity index (χ1n) is 7.91. The van der Waals surface area contributed by atoms with Crippen molar-refractivity contribution in [2.75, 3.05) is 12.4 Å². The van der Waals surface area contributed by atoms with Crippen LogP contribution in [0.25, 0.3) is 5.78 Å².